The largest absolute Gasteiger partial charge is 0.480 e. The molecule has 0 amide bonds. The first-order valence-electron chi connectivity index (χ1n) is 4.47. The Morgan fingerprint density at radius 2 is 1.87 bits per heavy atom. The van der Waals surface area contributed by atoms with Crippen molar-refractivity contribution in [3.05, 3.63) is 35.4 Å². The lowest BCUT2D eigenvalue weighted by molar-refractivity contribution is -0.136. The third-order valence-electron chi connectivity index (χ3n) is 2.04. The highest BCUT2D eigenvalue weighted by Gasteiger charge is 2.13. The molecule has 0 aliphatic carbocycles. The average molecular weight is 271 g/mol. The predicted octanol–water partition coefficient (Wildman–Crippen LogP) is 2.28. The first kappa shape index (κ1) is 11.9. The molecule has 3 nitrogen and oxygen atoms in total. The highest BCUT2D eigenvalue weighted by Crippen LogP contribution is 2.12. The number of alkyl halides is 1. The number of hydrogen-bond acceptors (Lipinski definition) is 2. The van der Waals surface area contributed by atoms with Gasteiger partial charge in [0.25, 0.3) is 0 Å². The van der Waals surface area contributed by atoms with Gasteiger partial charge in [0.1, 0.15) is 4.83 Å². The van der Waals surface area contributed by atoms with Crippen molar-refractivity contribution in [2.75, 3.05) is 0 Å². The number of ketones is 1. The molecule has 0 aliphatic heterocycles. The van der Waals surface area contributed by atoms with Crippen molar-refractivity contribution in [2.24, 2.45) is 0 Å². The number of carbonyl (C=O) groups excluding carboxylic acids is 1. The monoisotopic (exact) mass is 270 g/mol. The fraction of sp³-hybridized carbons (Fsp3) is 0.273. The van der Waals surface area contributed by atoms with Crippen LogP contribution >= 0.6 is 15.9 Å². The van der Waals surface area contributed by atoms with E-state index < -0.39 is 10.8 Å². The third kappa shape index (κ3) is 3.47. The predicted molar refractivity (Wildman–Crippen MR) is 60.5 cm³/mol. The Hall–Kier alpha value is -1.16. The SMILES string of the molecule is CC(=O)c1ccc(C[C@@H](Br)C(=O)O)cc1. The molecule has 0 unspecified atom stereocenters. The van der Waals surface area contributed by atoms with Crippen LogP contribution in [0.2, 0.25) is 0 Å². The molecule has 0 fully saturated rings. The van der Waals surface area contributed by atoms with Crippen molar-refractivity contribution in [3.63, 3.8) is 0 Å². The number of benzene rings is 1. The van der Waals surface area contributed by atoms with Gasteiger partial charge in [0, 0.05) is 5.56 Å². The van der Waals surface area contributed by atoms with Crippen molar-refractivity contribution < 1.29 is 14.7 Å². The van der Waals surface area contributed by atoms with Crippen LogP contribution in [0.4, 0.5) is 0 Å². The molecule has 0 aliphatic rings. The molecule has 1 aromatic rings. The van der Waals surface area contributed by atoms with Crippen LogP contribution in [0.5, 0.6) is 0 Å². The second kappa shape index (κ2) is 5.07. The Balaban J connectivity index is 2.72. The topological polar surface area (TPSA) is 54.4 Å². The van der Waals surface area contributed by atoms with E-state index in [2.05, 4.69) is 15.9 Å². The number of carbonyl (C=O) groups is 2. The van der Waals surface area contributed by atoms with Crippen molar-refractivity contribution >= 4 is 27.7 Å². The van der Waals surface area contributed by atoms with Gasteiger partial charge in [-0.2, -0.15) is 0 Å². The summed E-state index contributed by atoms with van der Waals surface area (Å²) in [5.74, 6) is -0.874. The van der Waals surface area contributed by atoms with Gasteiger partial charge in [-0.25, -0.2) is 0 Å². The lowest BCUT2D eigenvalue weighted by atomic mass is 10.1. The number of Topliss-reactive ketones (excluding diaryl/α,β-unsaturated/α-hetero) is 1. The lowest BCUT2D eigenvalue weighted by Gasteiger charge is -2.04. The van der Waals surface area contributed by atoms with Gasteiger partial charge < -0.3 is 5.11 Å². The summed E-state index contributed by atoms with van der Waals surface area (Å²) < 4.78 is 0. The van der Waals surface area contributed by atoms with Gasteiger partial charge in [-0.15, -0.1) is 0 Å². The van der Waals surface area contributed by atoms with E-state index in [0.717, 1.165) is 5.56 Å². The molecule has 1 aromatic carbocycles. The zero-order chi connectivity index (χ0) is 11.4. The second-order valence-corrected chi connectivity index (χ2v) is 4.37. The molecule has 80 valence electrons. The Bertz CT molecular complexity index is 370. The number of carboxylic acid groups (broad SMARTS) is 1. The van der Waals surface area contributed by atoms with Gasteiger partial charge >= 0.3 is 5.97 Å². The second-order valence-electron chi connectivity index (χ2n) is 3.26. The number of carboxylic acids is 1. The fourth-order valence-corrected chi connectivity index (χ4v) is 1.54. The maximum atomic E-state index is 11.0. The molecule has 0 bridgehead atoms. The standard InChI is InChI=1S/C11H11BrO3/c1-7(13)9-4-2-8(3-5-9)6-10(12)11(14)15/h2-5,10H,6H2,1H3,(H,14,15)/t10-/m1/s1. The van der Waals surface area contributed by atoms with Crippen LogP contribution in [-0.2, 0) is 11.2 Å². The van der Waals surface area contributed by atoms with Crippen molar-refractivity contribution in [3.8, 4) is 0 Å². The van der Waals surface area contributed by atoms with Gasteiger partial charge in [0.15, 0.2) is 5.78 Å². The molecule has 4 heteroatoms. The van der Waals surface area contributed by atoms with E-state index in [0.29, 0.717) is 12.0 Å². The molecule has 0 aromatic heterocycles. The van der Waals surface area contributed by atoms with Crippen LogP contribution in [0.1, 0.15) is 22.8 Å². The summed E-state index contributed by atoms with van der Waals surface area (Å²) in [6.45, 7) is 1.50. The highest BCUT2D eigenvalue weighted by molar-refractivity contribution is 9.10. The van der Waals surface area contributed by atoms with E-state index in [-0.39, 0.29) is 5.78 Å². The summed E-state index contributed by atoms with van der Waals surface area (Å²) in [6, 6.07) is 6.96. The molecule has 15 heavy (non-hydrogen) atoms. The average Bonchev–Trinajstić information content (AvgIpc) is 2.18. The molecular weight excluding hydrogens is 260 g/mol. The molecule has 1 N–H and O–H groups in total. The summed E-state index contributed by atoms with van der Waals surface area (Å²) in [5.41, 5.74) is 1.53. The van der Waals surface area contributed by atoms with Gasteiger partial charge in [0.05, 0.1) is 0 Å². The van der Waals surface area contributed by atoms with E-state index in [1.54, 1.807) is 24.3 Å². The summed E-state index contributed by atoms with van der Waals surface area (Å²) in [6.07, 6.45) is 0.410. The van der Waals surface area contributed by atoms with Crippen molar-refractivity contribution in [1.82, 2.24) is 0 Å². The molecule has 0 saturated heterocycles. The van der Waals surface area contributed by atoms with E-state index in [1.807, 2.05) is 0 Å². The first-order valence-corrected chi connectivity index (χ1v) is 5.39. The van der Waals surface area contributed by atoms with E-state index >= 15 is 0 Å². The van der Waals surface area contributed by atoms with Gasteiger partial charge in [-0.3, -0.25) is 9.59 Å². The summed E-state index contributed by atoms with van der Waals surface area (Å²) in [4.78, 5) is 21.0. The molecule has 1 rings (SSSR count). The Kier molecular flexibility index (Phi) is 4.03. The minimum atomic E-state index is -0.884. The molecular formula is C11H11BrO3. The summed E-state index contributed by atoms with van der Waals surface area (Å²) in [7, 11) is 0. The molecule has 1 atom stereocenters. The zero-order valence-electron chi connectivity index (χ0n) is 8.24. The van der Waals surface area contributed by atoms with E-state index in [4.69, 9.17) is 5.11 Å². The minimum absolute atomic E-state index is 0.00942. The van der Waals surface area contributed by atoms with Crippen LogP contribution in [0.15, 0.2) is 24.3 Å². The zero-order valence-corrected chi connectivity index (χ0v) is 9.82. The molecule has 0 radical (unpaired) electrons. The summed E-state index contributed by atoms with van der Waals surface area (Å²) >= 11 is 3.06. The maximum absolute atomic E-state index is 11.0. The third-order valence-corrected chi connectivity index (χ3v) is 2.76. The van der Waals surface area contributed by atoms with Crippen molar-refractivity contribution in [1.29, 1.82) is 0 Å². The maximum Gasteiger partial charge on any atom is 0.317 e. The highest BCUT2D eigenvalue weighted by atomic mass is 79.9. The normalized spacial score (nSPS) is 12.1. The molecule has 0 heterocycles. The first-order chi connectivity index (χ1) is 7.00. The number of halogens is 1. The Morgan fingerprint density at radius 1 is 1.33 bits per heavy atom. The number of rotatable bonds is 4. The smallest absolute Gasteiger partial charge is 0.317 e. The van der Waals surface area contributed by atoms with Gasteiger partial charge in [0.2, 0.25) is 0 Å². The minimum Gasteiger partial charge on any atom is -0.480 e. The van der Waals surface area contributed by atoms with Crippen LogP contribution in [0.25, 0.3) is 0 Å². The summed E-state index contributed by atoms with van der Waals surface area (Å²) in [5, 5.41) is 8.69. The fourth-order valence-electron chi connectivity index (χ4n) is 1.17. The molecule has 0 saturated carbocycles. The van der Waals surface area contributed by atoms with Gasteiger partial charge in [-0.05, 0) is 18.9 Å². The van der Waals surface area contributed by atoms with E-state index in [1.165, 1.54) is 6.92 Å². The van der Waals surface area contributed by atoms with Crippen LogP contribution in [0.3, 0.4) is 0 Å². The number of hydrogen-bond donors (Lipinski definition) is 1. The van der Waals surface area contributed by atoms with Crippen LogP contribution < -0.4 is 0 Å². The Labute approximate surface area is 96.2 Å². The van der Waals surface area contributed by atoms with Crippen LogP contribution in [-0.4, -0.2) is 21.7 Å². The molecule has 0 spiro atoms. The van der Waals surface area contributed by atoms with Gasteiger partial charge in [-0.1, -0.05) is 40.2 Å². The number of aliphatic carboxylic acids is 1. The Morgan fingerprint density at radius 3 is 2.27 bits per heavy atom. The van der Waals surface area contributed by atoms with Crippen LogP contribution in [0, 0.1) is 0 Å². The van der Waals surface area contributed by atoms with E-state index in [9.17, 15) is 9.59 Å². The lowest BCUT2D eigenvalue weighted by Crippen LogP contribution is -2.15. The quantitative estimate of drug-likeness (QED) is 0.675. The van der Waals surface area contributed by atoms with Crippen molar-refractivity contribution in [2.45, 2.75) is 18.2 Å².